The molecule has 0 saturated heterocycles. The third-order valence-corrected chi connectivity index (χ3v) is 4.65. The zero-order valence-corrected chi connectivity index (χ0v) is 15.1. The van der Waals surface area contributed by atoms with Crippen molar-refractivity contribution in [1.82, 2.24) is 9.97 Å². The predicted molar refractivity (Wildman–Crippen MR) is 109 cm³/mol. The van der Waals surface area contributed by atoms with Gasteiger partial charge in [-0.15, -0.1) is 0 Å². The number of aromatic amines is 1. The van der Waals surface area contributed by atoms with E-state index in [9.17, 15) is 9.90 Å². The van der Waals surface area contributed by atoms with E-state index in [1.807, 2.05) is 61.5 Å². The third-order valence-electron chi connectivity index (χ3n) is 4.65. The van der Waals surface area contributed by atoms with E-state index >= 15 is 0 Å². The smallest absolute Gasteiger partial charge is 0.260 e. The van der Waals surface area contributed by atoms with Crippen LogP contribution in [0.1, 0.15) is 0 Å². The van der Waals surface area contributed by atoms with E-state index in [4.69, 9.17) is 0 Å². The van der Waals surface area contributed by atoms with Gasteiger partial charge in [-0.05, 0) is 41.5 Å². The second kappa shape index (κ2) is 6.61. The Morgan fingerprint density at radius 2 is 1.70 bits per heavy atom. The van der Waals surface area contributed by atoms with Gasteiger partial charge in [-0.25, -0.2) is 0 Å². The number of H-pyrrole nitrogens is 1. The molecule has 2 heterocycles. The molecule has 0 spiro atoms. The fraction of sp³-hybridized carbons (Fsp3) is 0.0909. The molecule has 2 N–H and O–H groups in total. The molecule has 0 aliphatic rings. The molecule has 0 amide bonds. The normalized spacial score (nSPS) is 10.9. The van der Waals surface area contributed by atoms with Crippen LogP contribution in [-0.2, 0) is 0 Å². The lowest BCUT2D eigenvalue weighted by Crippen LogP contribution is -2.09. The van der Waals surface area contributed by atoms with E-state index in [0.717, 1.165) is 16.8 Å². The molecule has 4 rings (SSSR count). The van der Waals surface area contributed by atoms with Crippen LogP contribution in [0.3, 0.4) is 0 Å². The van der Waals surface area contributed by atoms with Crippen molar-refractivity contribution in [2.45, 2.75) is 0 Å². The van der Waals surface area contributed by atoms with Gasteiger partial charge in [-0.1, -0.05) is 24.3 Å². The summed E-state index contributed by atoms with van der Waals surface area (Å²) >= 11 is 0. The molecule has 2 aromatic carbocycles. The number of aromatic nitrogens is 2. The Morgan fingerprint density at radius 1 is 0.963 bits per heavy atom. The second-order valence-electron chi connectivity index (χ2n) is 6.62. The summed E-state index contributed by atoms with van der Waals surface area (Å²) in [5.41, 5.74) is 4.20. The van der Waals surface area contributed by atoms with Crippen LogP contribution >= 0.6 is 0 Å². The molecule has 4 aromatic rings. The van der Waals surface area contributed by atoms with E-state index in [-0.39, 0.29) is 16.9 Å². The van der Waals surface area contributed by atoms with Gasteiger partial charge in [0.25, 0.3) is 5.56 Å². The molecule has 134 valence electrons. The molecule has 0 fully saturated rings. The highest BCUT2D eigenvalue weighted by molar-refractivity contribution is 5.94. The third kappa shape index (κ3) is 3.04. The van der Waals surface area contributed by atoms with E-state index < -0.39 is 0 Å². The van der Waals surface area contributed by atoms with Gasteiger partial charge in [0.15, 0.2) is 0 Å². The molecule has 0 bridgehead atoms. The summed E-state index contributed by atoms with van der Waals surface area (Å²) in [6.07, 6.45) is 3.19. The number of nitrogens with one attached hydrogen (secondary N) is 1. The van der Waals surface area contributed by atoms with Crippen molar-refractivity contribution < 1.29 is 5.11 Å². The molecule has 5 nitrogen and oxygen atoms in total. The first kappa shape index (κ1) is 16.8. The molecule has 0 saturated carbocycles. The predicted octanol–water partition coefficient (Wildman–Crippen LogP) is 4.03. The van der Waals surface area contributed by atoms with Gasteiger partial charge < -0.3 is 15.0 Å². The van der Waals surface area contributed by atoms with Gasteiger partial charge in [-0.3, -0.25) is 9.78 Å². The van der Waals surface area contributed by atoms with E-state index in [1.165, 1.54) is 0 Å². The lowest BCUT2D eigenvalue weighted by molar-refractivity contribution is 0.482. The topological polar surface area (TPSA) is 69.2 Å². The molecule has 2 aromatic heterocycles. The van der Waals surface area contributed by atoms with Gasteiger partial charge in [0.2, 0.25) is 0 Å². The number of benzene rings is 2. The second-order valence-corrected chi connectivity index (χ2v) is 6.62. The minimum absolute atomic E-state index is 0.0312. The van der Waals surface area contributed by atoms with Crippen LogP contribution in [0.5, 0.6) is 5.75 Å². The lowest BCUT2D eigenvalue weighted by atomic mass is 10.0. The highest BCUT2D eigenvalue weighted by Gasteiger charge is 2.14. The van der Waals surface area contributed by atoms with Crippen LogP contribution in [0, 0.1) is 0 Å². The molecule has 0 aliphatic carbocycles. The first-order valence-corrected chi connectivity index (χ1v) is 8.62. The number of nitrogens with zero attached hydrogens (tertiary/aromatic N) is 2. The number of hydrogen-bond acceptors (Lipinski definition) is 4. The van der Waals surface area contributed by atoms with Crippen molar-refractivity contribution in [3.05, 3.63) is 77.3 Å². The number of rotatable bonds is 3. The van der Waals surface area contributed by atoms with Crippen LogP contribution in [0.2, 0.25) is 0 Å². The Balaban J connectivity index is 1.83. The Labute approximate surface area is 156 Å². The van der Waals surface area contributed by atoms with Gasteiger partial charge in [0.1, 0.15) is 5.75 Å². The van der Waals surface area contributed by atoms with Crippen LogP contribution < -0.4 is 10.5 Å². The number of hydrogen-bond donors (Lipinski definition) is 2. The van der Waals surface area contributed by atoms with E-state index in [0.29, 0.717) is 16.5 Å². The maximum atomic E-state index is 12.6. The average Bonchev–Trinajstić information content (AvgIpc) is 2.68. The van der Waals surface area contributed by atoms with Gasteiger partial charge in [0.05, 0.1) is 11.1 Å². The van der Waals surface area contributed by atoms with Gasteiger partial charge in [0, 0.05) is 43.1 Å². The highest BCUT2D eigenvalue weighted by Crippen LogP contribution is 2.33. The molecule has 0 radical (unpaired) electrons. The van der Waals surface area contributed by atoms with E-state index in [2.05, 4.69) is 9.97 Å². The summed E-state index contributed by atoms with van der Waals surface area (Å²) in [6, 6.07) is 17.3. The summed E-state index contributed by atoms with van der Waals surface area (Å²) < 4.78 is 0. The van der Waals surface area contributed by atoms with Crippen molar-refractivity contribution in [1.29, 1.82) is 0 Å². The Morgan fingerprint density at radius 3 is 2.37 bits per heavy atom. The number of anilines is 1. The minimum Gasteiger partial charge on any atom is -0.506 e. The van der Waals surface area contributed by atoms with Crippen LogP contribution in [0.15, 0.2) is 71.8 Å². The SMILES string of the molecule is CN(C)c1ccc(-c2ccc3c(O)c(-c4cccnc4)c(=O)[nH]c3c2)cc1. The molecule has 27 heavy (non-hydrogen) atoms. The summed E-state index contributed by atoms with van der Waals surface area (Å²) in [6.45, 7) is 0. The molecular weight excluding hydrogens is 338 g/mol. The molecular formula is C22H19N3O2. The van der Waals surface area contributed by atoms with Crippen molar-refractivity contribution in [2.75, 3.05) is 19.0 Å². The average molecular weight is 357 g/mol. The van der Waals surface area contributed by atoms with Crippen molar-refractivity contribution in [2.24, 2.45) is 0 Å². The number of fused-ring (bicyclic) bond motifs is 1. The van der Waals surface area contributed by atoms with Crippen molar-refractivity contribution in [3.63, 3.8) is 0 Å². The molecule has 0 aliphatic heterocycles. The number of aromatic hydroxyl groups is 1. The van der Waals surface area contributed by atoms with Crippen LogP contribution in [-0.4, -0.2) is 29.2 Å². The Kier molecular flexibility index (Phi) is 4.12. The largest absolute Gasteiger partial charge is 0.506 e. The fourth-order valence-corrected chi connectivity index (χ4v) is 3.19. The maximum Gasteiger partial charge on any atom is 0.260 e. The summed E-state index contributed by atoms with van der Waals surface area (Å²) in [7, 11) is 4.00. The first-order valence-electron chi connectivity index (χ1n) is 8.62. The molecule has 0 unspecified atom stereocenters. The summed E-state index contributed by atoms with van der Waals surface area (Å²) in [4.78, 5) is 21.5. The zero-order chi connectivity index (χ0) is 19.0. The van der Waals surface area contributed by atoms with Crippen molar-refractivity contribution >= 4 is 16.6 Å². The Bertz CT molecular complexity index is 1160. The first-order chi connectivity index (χ1) is 13.0. The minimum atomic E-state index is -0.340. The van der Waals surface area contributed by atoms with Gasteiger partial charge in [-0.2, -0.15) is 0 Å². The monoisotopic (exact) mass is 357 g/mol. The standard InChI is InChI=1S/C22H19N3O2/c1-25(2)17-8-5-14(6-9-17)15-7-10-18-19(12-15)24-22(27)20(21(18)26)16-4-3-11-23-13-16/h3-13H,1-2H3,(H2,24,26,27). The van der Waals surface area contributed by atoms with Crippen molar-refractivity contribution in [3.8, 4) is 28.0 Å². The number of pyridine rings is 2. The van der Waals surface area contributed by atoms with E-state index in [1.54, 1.807) is 24.5 Å². The Hall–Kier alpha value is -3.60. The fourth-order valence-electron chi connectivity index (χ4n) is 3.19. The molecule has 5 heteroatoms. The quantitative estimate of drug-likeness (QED) is 0.581. The summed E-state index contributed by atoms with van der Waals surface area (Å²) in [5.74, 6) is -0.0312. The highest BCUT2D eigenvalue weighted by atomic mass is 16.3. The summed E-state index contributed by atoms with van der Waals surface area (Å²) in [5, 5.41) is 11.3. The maximum absolute atomic E-state index is 12.6. The van der Waals surface area contributed by atoms with Crippen LogP contribution in [0.25, 0.3) is 33.2 Å². The van der Waals surface area contributed by atoms with Gasteiger partial charge >= 0.3 is 0 Å². The lowest BCUT2D eigenvalue weighted by Gasteiger charge is -2.13. The zero-order valence-electron chi connectivity index (χ0n) is 15.1. The molecule has 0 atom stereocenters. The van der Waals surface area contributed by atoms with Crippen LogP contribution in [0.4, 0.5) is 5.69 Å².